The van der Waals surface area contributed by atoms with Crippen LogP contribution in [0.4, 0.5) is 0 Å². The molecule has 1 saturated carbocycles. The molecule has 1 amide bonds. The van der Waals surface area contributed by atoms with Crippen molar-refractivity contribution in [3.63, 3.8) is 0 Å². The molecule has 1 aromatic carbocycles. The predicted octanol–water partition coefficient (Wildman–Crippen LogP) is 1.18. The average Bonchev–Trinajstić information content (AvgIpc) is 2.83. The first-order chi connectivity index (χ1) is 10.7. The summed E-state index contributed by atoms with van der Waals surface area (Å²) < 4.78 is 31.6. The number of rotatable bonds is 4. The third-order valence-electron chi connectivity index (χ3n) is 5.30. The monoisotopic (exact) mass is 338 g/mol. The fraction of sp³-hybridized carbons (Fsp3) is 0.562. The van der Waals surface area contributed by atoms with Gasteiger partial charge in [0, 0.05) is 0 Å². The summed E-state index contributed by atoms with van der Waals surface area (Å²) in [5.41, 5.74) is 6.50. The Hall–Kier alpha value is -1.60. The molecule has 2 aliphatic rings. The van der Waals surface area contributed by atoms with Gasteiger partial charge in [-0.15, -0.1) is 0 Å². The van der Waals surface area contributed by atoms with E-state index in [0.717, 1.165) is 12.0 Å². The second kappa shape index (κ2) is 5.21. The zero-order valence-electron chi connectivity index (χ0n) is 13.4. The molecule has 2 aliphatic carbocycles. The highest BCUT2D eigenvalue weighted by molar-refractivity contribution is 7.91. The first kappa shape index (κ1) is 16.3. The van der Waals surface area contributed by atoms with E-state index in [1.807, 2.05) is 6.07 Å². The fourth-order valence-electron chi connectivity index (χ4n) is 3.41. The molecule has 1 aromatic rings. The lowest BCUT2D eigenvalue weighted by Gasteiger charge is -2.38. The average molecular weight is 338 g/mol. The highest BCUT2D eigenvalue weighted by Gasteiger charge is 2.49. The van der Waals surface area contributed by atoms with E-state index >= 15 is 0 Å². The van der Waals surface area contributed by atoms with Crippen LogP contribution in [-0.2, 0) is 26.8 Å². The van der Waals surface area contributed by atoms with Gasteiger partial charge in [-0.05, 0) is 49.8 Å². The predicted molar refractivity (Wildman–Crippen MR) is 86.5 cm³/mol. The highest BCUT2D eigenvalue weighted by atomic mass is 32.2. The van der Waals surface area contributed by atoms with Crippen LogP contribution in [0.1, 0.15) is 43.7 Å². The molecule has 0 bridgehead atoms. The maximum absolute atomic E-state index is 12.7. The number of nitrogens with one attached hydrogen (secondary N) is 1. The molecule has 7 heteroatoms. The summed E-state index contributed by atoms with van der Waals surface area (Å²) in [6.45, 7) is 1.67. The van der Waals surface area contributed by atoms with E-state index in [0.29, 0.717) is 37.0 Å². The molecule has 3 N–H and O–H groups in total. The number of hydrogen-bond acceptors (Lipinski definition) is 5. The Morgan fingerprint density at radius 1 is 1.30 bits per heavy atom. The molecule has 0 aliphatic heterocycles. The van der Waals surface area contributed by atoms with Gasteiger partial charge in [-0.3, -0.25) is 9.52 Å². The SMILES string of the molecule is COc1cccc2c1CCC2(N)C(=O)NS(=O)(=O)C1(C)CCC1. The lowest BCUT2D eigenvalue weighted by molar-refractivity contribution is -0.124. The van der Waals surface area contributed by atoms with Gasteiger partial charge in [0.2, 0.25) is 10.0 Å². The number of methoxy groups -OCH3 is 1. The number of ether oxygens (including phenoxy) is 1. The van der Waals surface area contributed by atoms with E-state index in [2.05, 4.69) is 4.72 Å². The second-order valence-corrected chi connectivity index (χ2v) is 8.89. The fourth-order valence-corrected chi connectivity index (χ4v) is 4.90. The number of nitrogens with two attached hydrogens (primary N) is 1. The summed E-state index contributed by atoms with van der Waals surface area (Å²) >= 11 is 0. The number of benzene rings is 1. The van der Waals surface area contributed by atoms with Gasteiger partial charge in [0.15, 0.2) is 0 Å². The molecule has 1 unspecified atom stereocenters. The van der Waals surface area contributed by atoms with Crippen LogP contribution in [0.3, 0.4) is 0 Å². The Morgan fingerprint density at radius 3 is 2.57 bits per heavy atom. The maximum atomic E-state index is 12.7. The van der Waals surface area contributed by atoms with E-state index in [1.54, 1.807) is 26.2 Å². The zero-order valence-corrected chi connectivity index (χ0v) is 14.2. The van der Waals surface area contributed by atoms with E-state index in [1.165, 1.54) is 0 Å². The smallest absolute Gasteiger partial charge is 0.258 e. The van der Waals surface area contributed by atoms with Gasteiger partial charge < -0.3 is 10.5 Å². The maximum Gasteiger partial charge on any atom is 0.258 e. The Kier molecular flexibility index (Phi) is 3.68. The van der Waals surface area contributed by atoms with Crippen LogP contribution in [0.25, 0.3) is 0 Å². The summed E-state index contributed by atoms with van der Waals surface area (Å²) in [6, 6.07) is 5.34. The molecule has 0 aromatic heterocycles. The molecule has 0 radical (unpaired) electrons. The Morgan fingerprint density at radius 2 is 2.00 bits per heavy atom. The minimum Gasteiger partial charge on any atom is -0.496 e. The molecule has 3 rings (SSSR count). The molecule has 0 saturated heterocycles. The molecule has 1 atom stereocenters. The van der Waals surface area contributed by atoms with E-state index in [9.17, 15) is 13.2 Å². The van der Waals surface area contributed by atoms with Gasteiger partial charge >= 0.3 is 0 Å². The number of carbonyl (C=O) groups excluding carboxylic acids is 1. The first-order valence-electron chi connectivity index (χ1n) is 7.75. The minimum atomic E-state index is -3.73. The van der Waals surface area contributed by atoms with Gasteiger partial charge in [0.1, 0.15) is 11.3 Å². The van der Waals surface area contributed by atoms with Crippen LogP contribution >= 0.6 is 0 Å². The third kappa shape index (κ3) is 2.33. The van der Waals surface area contributed by atoms with Crippen LogP contribution in [0, 0.1) is 0 Å². The molecule has 1 fully saturated rings. The normalized spacial score (nSPS) is 25.3. The van der Waals surface area contributed by atoms with Crippen molar-refractivity contribution in [3.8, 4) is 5.75 Å². The molecule has 0 heterocycles. The van der Waals surface area contributed by atoms with Crippen molar-refractivity contribution in [2.75, 3.05) is 7.11 Å². The van der Waals surface area contributed by atoms with Gasteiger partial charge in [0.25, 0.3) is 5.91 Å². The summed E-state index contributed by atoms with van der Waals surface area (Å²) in [4.78, 5) is 12.7. The van der Waals surface area contributed by atoms with Crippen molar-refractivity contribution >= 4 is 15.9 Å². The van der Waals surface area contributed by atoms with Crippen LogP contribution in [0.5, 0.6) is 5.75 Å². The lowest BCUT2D eigenvalue weighted by atomic mass is 9.86. The van der Waals surface area contributed by atoms with E-state index in [-0.39, 0.29) is 0 Å². The molecular weight excluding hydrogens is 316 g/mol. The largest absolute Gasteiger partial charge is 0.496 e. The molecule has 6 nitrogen and oxygen atoms in total. The molecule has 23 heavy (non-hydrogen) atoms. The summed E-state index contributed by atoms with van der Waals surface area (Å²) in [5, 5.41) is 0. The van der Waals surface area contributed by atoms with Crippen molar-refractivity contribution in [1.29, 1.82) is 0 Å². The standard InChI is InChI=1S/C16H22N2O4S/c1-15(8-4-9-15)23(20,21)18-14(19)16(17)10-7-11-12(16)5-3-6-13(11)22-2/h3,5-6H,4,7-10,17H2,1-2H3,(H,18,19). The van der Waals surface area contributed by atoms with E-state index < -0.39 is 26.2 Å². The van der Waals surface area contributed by atoms with Crippen molar-refractivity contribution in [3.05, 3.63) is 29.3 Å². The number of sulfonamides is 1. The number of amides is 1. The van der Waals surface area contributed by atoms with Crippen molar-refractivity contribution < 1.29 is 17.9 Å². The second-order valence-electron chi connectivity index (χ2n) is 6.70. The molecule has 0 spiro atoms. The third-order valence-corrected chi connectivity index (χ3v) is 7.46. The van der Waals surface area contributed by atoms with Crippen LogP contribution in [0.15, 0.2) is 18.2 Å². The Bertz CT molecular complexity index is 755. The van der Waals surface area contributed by atoms with Gasteiger partial charge in [-0.25, -0.2) is 8.42 Å². The lowest BCUT2D eigenvalue weighted by Crippen LogP contribution is -2.57. The quantitative estimate of drug-likeness (QED) is 0.859. The molecule has 126 valence electrons. The summed E-state index contributed by atoms with van der Waals surface area (Å²) in [7, 11) is -2.16. The number of fused-ring (bicyclic) bond motifs is 1. The number of hydrogen-bond donors (Lipinski definition) is 2. The topological polar surface area (TPSA) is 98.5 Å². The van der Waals surface area contributed by atoms with Gasteiger partial charge in [-0.2, -0.15) is 0 Å². The van der Waals surface area contributed by atoms with Crippen LogP contribution in [-0.4, -0.2) is 26.2 Å². The first-order valence-corrected chi connectivity index (χ1v) is 9.24. The number of carbonyl (C=O) groups is 1. The Balaban J connectivity index is 1.90. The van der Waals surface area contributed by atoms with Gasteiger partial charge in [-0.1, -0.05) is 18.6 Å². The van der Waals surface area contributed by atoms with Crippen molar-refractivity contribution in [2.24, 2.45) is 5.73 Å². The Labute approximate surface area is 136 Å². The van der Waals surface area contributed by atoms with E-state index in [4.69, 9.17) is 10.5 Å². The molecular formula is C16H22N2O4S. The van der Waals surface area contributed by atoms with Gasteiger partial charge in [0.05, 0.1) is 11.9 Å². The van der Waals surface area contributed by atoms with Crippen molar-refractivity contribution in [1.82, 2.24) is 4.72 Å². The minimum absolute atomic E-state index is 0.362. The van der Waals surface area contributed by atoms with Crippen LogP contribution in [0.2, 0.25) is 0 Å². The van der Waals surface area contributed by atoms with Crippen LogP contribution < -0.4 is 15.2 Å². The zero-order chi connectivity index (χ0) is 16.9. The summed E-state index contributed by atoms with van der Waals surface area (Å²) in [5.74, 6) is 0.0223. The highest BCUT2D eigenvalue weighted by Crippen LogP contribution is 2.41. The van der Waals surface area contributed by atoms with Crippen molar-refractivity contribution in [2.45, 2.75) is 49.3 Å². The summed E-state index contributed by atoms with van der Waals surface area (Å²) in [6.07, 6.45) is 2.94.